The average Bonchev–Trinajstić information content (AvgIpc) is 3.59. The molecule has 1 aromatic heterocycles. The Morgan fingerprint density at radius 3 is 2.61 bits per heavy atom. The summed E-state index contributed by atoms with van der Waals surface area (Å²) in [4.78, 5) is 19.1. The Morgan fingerprint density at radius 2 is 1.94 bits per heavy atom. The smallest absolute Gasteiger partial charge is 0.324 e. The molecule has 1 aliphatic heterocycles. The van der Waals surface area contributed by atoms with Crippen molar-refractivity contribution in [3.8, 4) is 5.75 Å². The number of amides is 1. The predicted octanol–water partition coefficient (Wildman–Crippen LogP) is 5.73. The van der Waals surface area contributed by atoms with Crippen LogP contribution >= 0.6 is 0 Å². The topological polar surface area (TPSA) is 80.5 Å². The maximum atomic E-state index is 12.3. The van der Waals surface area contributed by atoms with Crippen molar-refractivity contribution in [3.05, 3.63) is 41.7 Å². The molecule has 1 N–H and O–H groups in total. The molecule has 7 nitrogen and oxygen atoms in total. The predicted molar refractivity (Wildman–Crippen MR) is 141 cm³/mol. The summed E-state index contributed by atoms with van der Waals surface area (Å²) in [6.45, 7) is 6.91. The molecule has 0 radical (unpaired) electrons. The first-order valence-corrected chi connectivity index (χ1v) is 13.9. The zero-order chi connectivity index (χ0) is 24.9. The first-order chi connectivity index (χ1) is 17.6. The minimum atomic E-state index is 0.134. The van der Waals surface area contributed by atoms with E-state index in [1.807, 2.05) is 0 Å². The fraction of sp³-hybridized carbons (Fsp3) is 0.621. The maximum Gasteiger partial charge on any atom is 0.324 e. The van der Waals surface area contributed by atoms with E-state index in [2.05, 4.69) is 64.5 Å². The van der Waals surface area contributed by atoms with Gasteiger partial charge in [0.15, 0.2) is 5.82 Å². The Hall–Kier alpha value is -2.83. The Kier molecular flexibility index (Phi) is 7.93. The third-order valence-corrected chi connectivity index (χ3v) is 7.89. The Morgan fingerprint density at radius 1 is 1.17 bits per heavy atom. The van der Waals surface area contributed by atoms with Crippen LogP contribution in [0.25, 0.3) is 5.57 Å². The second-order valence-electron chi connectivity index (χ2n) is 10.9. The van der Waals surface area contributed by atoms with Crippen molar-refractivity contribution in [3.63, 3.8) is 0 Å². The molecule has 2 aromatic rings. The van der Waals surface area contributed by atoms with E-state index in [9.17, 15) is 4.79 Å². The van der Waals surface area contributed by atoms with Gasteiger partial charge in [-0.25, -0.2) is 0 Å². The average molecular weight is 493 g/mol. The number of piperidine rings is 1. The van der Waals surface area contributed by atoms with Crippen molar-refractivity contribution in [2.75, 3.05) is 24.6 Å². The van der Waals surface area contributed by atoms with Gasteiger partial charge in [-0.15, -0.1) is 0 Å². The molecule has 3 aliphatic rings. The van der Waals surface area contributed by atoms with Gasteiger partial charge in [-0.3, -0.25) is 4.79 Å². The first kappa shape index (κ1) is 24.8. The van der Waals surface area contributed by atoms with Crippen LogP contribution in [0.15, 0.2) is 34.9 Å². The van der Waals surface area contributed by atoms with E-state index in [-0.39, 0.29) is 11.8 Å². The lowest BCUT2D eigenvalue weighted by Gasteiger charge is -2.30. The molecule has 2 unspecified atom stereocenters. The van der Waals surface area contributed by atoms with Crippen LogP contribution in [0.5, 0.6) is 5.75 Å². The summed E-state index contributed by atoms with van der Waals surface area (Å²) in [5.41, 5.74) is 2.58. The van der Waals surface area contributed by atoms with Crippen LogP contribution in [0.2, 0.25) is 0 Å². The fourth-order valence-electron chi connectivity index (χ4n) is 5.27. The zero-order valence-electron chi connectivity index (χ0n) is 21.7. The SMILES string of the molecule is CCCC(C)c1noc(N2CCC(COc3ccc(C4=CCC(C(=O)NC5CC5)CC4)cc3)CC2)n1. The molecule has 7 heteroatoms. The van der Waals surface area contributed by atoms with Crippen molar-refractivity contribution >= 4 is 17.5 Å². The summed E-state index contributed by atoms with van der Waals surface area (Å²) < 4.78 is 11.7. The number of rotatable bonds is 10. The lowest BCUT2D eigenvalue weighted by atomic mass is 9.86. The highest BCUT2D eigenvalue weighted by atomic mass is 16.5. The fourth-order valence-corrected chi connectivity index (χ4v) is 5.27. The summed E-state index contributed by atoms with van der Waals surface area (Å²) in [5.74, 6) is 2.99. The standard InChI is InChI=1S/C29H40N4O3/c1-3-4-20(2)27-31-29(36-32-27)33-17-15-21(16-18-33)19-35-26-13-9-23(10-14-26)22-5-7-24(8-6-22)28(34)30-25-11-12-25/h5,9-10,13-14,20-21,24-25H,3-4,6-8,11-12,15-19H2,1-2H3,(H,30,34). The molecule has 0 bridgehead atoms. The first-order valence-electron chi connectivity index (χ1n) is 13.9. The Bertz CT molecular complexity index is 1040. The van der Waals surface area contributed by atoms with E-state index < -0.39 is 0 Å². The third kappa shape index (κ3) is 6.29. The van der Waals surface area contributed by atoms with E-state index >= 15 is 0 Å². The van der Waals surface area contributed by atoms with Gasteiger partial charge in [-0.1, -0.05) is 43.6 Å². The van der Waals surface area contributed by atoms with Crippen LogP contribution in [-0.4, -0.2) is 41.8 Å². The van der Waals surface area contributed by atoms with Gasteiger partial charge in [0.25, 0.3) is 0 Å². The van der Waals surface area contributed by atoms with Crippen molar-refractivity contribution in [1.29, 1.82) is 0 Å². The number of nitrogens with one attached hydrogen (secondary N) is 1. The van der Waals surface area contributed by atoms with E-state index in [1.165, 1.54) is 11.1 Å². The van der Waals surface area contributed by atoms with Gasteiger partial charge in [0.2, 0.25) is 5.91 Å². The number of benzene rings is 1. The van der Waals surface area contributed by atoms with Crippen molar-refractivity contribution < 1.29 is 14.1 Å². The largest absolute Gasteiger partial charge is 0.493 e. The number of allylic oxidation sites excluding steroid dienone is 2. The monoisotopic (exact) mass is 492 g/mol. The number of hydrogen-bond donors (Lipinski definition) is 1. The Balaban J connectivity index is 1.05. The minimum absolute atomic E-state index is 0.134. The normalized spacial score (nSPS) is 21.7. The highest BCUT2D eigenvalue weighted by molar-refractivity contribution is 5.81. The molecule has 36 heavy (non-hydrogen) atoms. The van der Waals surface area contributed by atoms with E-state index in [0.29, 0.717) is 23.9 Å². The van der Waals surface area contributed by atoms with Crippen LogP contribution in [0, 0.1) is 11.8 Å². The quantitative estimate of drug-likeness (QED) is 0.456. The number of carbonyl (C=O) groups excluding carboxylic acids is 1. The summed E-state index contributed by atoms with van der Waals surface area (Å²) in [6, 6.07) is 9.57. The second-order valence-corrected chi connectivity index (χ2v) is 10.9. The third-order valence-electron chi connectivity index (χ3n) is 7.89. The molecular formula is C29H40N4O3. The molecule has 194 valence electrons. The zero-order valence-corrected chi connectivity index (χ0v) is 21.7. The summed E-state index contributed by atoms with van der Waals surface area (Å²) >= 11 is 0. The van der Waals surface area contributed by atoms with Crippen LogP contribution in [0.4, 0.5) is 6.01 Å². The molecule has 1 amide bonds. The summed E-state index contributed by atoms with van der Waals surface area (Å²) in [7, 11) is 0. The van der Waals surface area contributed by atoms with Crippen molar-refractivity contribution in [2.45, 2.75) is 83.6 Å². The van der Waals surface area contributed by atoms with Gasteiger partial charge in [0.1, 0.15) is 5.75 Å². The van der Waals surface area contributed by atoms with Crippen LogP contribution in [0.1, 0.15) is 88.9 Å². The summed E-state index contributed by atoms with van der Waals surface area (Å²) in [5, 5.41) is 7.34. The van der Waals surface area contributed by atoms with Gasteiger partial charge in [-0.05, 0) is 80.6 Å². The van der Waals surface area contributed by atoms with Crippen LogP contribution in [0.3, 0.4) is 0 Å². The highest BCUT2D eigenvalue weighted by Crippen LogP contribution is 2.32. The number of anilines is 1. The van der Waals surface area contributed by atoms with Crippen molar-refractivity contribution in [1.82, 2.24) is 15.5 Å². The molecule has 5 rings (SSSR count). The van der Waals surface area contributed by atoms with E-state index in [0.717, 1.165) is 89.1 Å². The number of nitrogens with zero attached hydrogens (tertiary/aromatic N) is 3. The lowest BCUT2D eigenvalue weighted by Crippen LogP contribution is -2.35. The molecule has 1 saturated heterocycles. The van der Waals surface area contributed by atoms with Gasteiger partial charge in [0.05, 0.1) is 6.61 Å². The molecule has 2 fully saturated rings. The minimum Gasteiger partial charge on any atom is -0.493 e. The van der Waals surface area contributed by atoms with Crippen LogP contribution in [-0.2, 0) is 4.79 Å². The number of ether oxygens (including phenoxy) is 1. The summed E-state index contributed by atoms with van der Waals surface area (Å²) in [6.07, 6.45) is 11.6. The molecule has 1 aromatic carbocycles. The molecule has 2 atom stereocenters. The molecular weight excluding hydrogens is 452 g/mol. The van der Waals surface area contributed by atoms with E-state index in [4.69, 9.17) is 9.26 Å². The number of aromatic nitrogens is 2. The Labute approximate surface area is 214 Å². The molecule has 0 spiro atoms. The van der Waals surface area contributed by atoms with Gasteiger partial charge < -0.3 is 19.5 Å². The van der Waals surface area contributed by atoms with Crippen molar-refractivity contribution in [2.24, 2.45) is 11.8 Å². The van der Waals surface area contributed by atoms with E-state index in [1.54, 1.807) is 0 Å². The van der Waals surface area contributed by atoms with Crippen LogP contribution < -0.4 is 15.0 Å². The second kappa shape index (κ2) is 11.5. The molecule has 1 saturated carbocycles. The molecule has 2 heterocycles. The maximum absolute atomic E-state index is 12.3. The number of carbonyl (C=O) groups is 1. The number of hydrogen-bond acceptors (Lipinski definition) is 6. The van der Waals surface area contributed by atoms with Gasteiger partial charge >= 0.3 is 6.01 Å². The highest BCUT2D eigenvalue weighted by Gasteiger charge is 2.28. The molecule has 2 aliphatic carbocycles. The van der Waals surface area contributed by atoms with Gasteiger partial charge in [0, 0.05) is 31.0 Å². The van der Waals surface area contributed by atoms with Gasteiger partial charge in [-0.2, -0.15) is 4.98 Å². The lowest BCUT2D eigenvalue weighted by molar-refractivity contribution is -0.125.